The van der Waals surface area contributed by atoms with Gasteiger partial charge in [-0.25, -0.2) is 0 Å². The van der Waals surface area contributed by atoms with E-state index in [0.717, 1.165) is 31.0 Å². The largest absolute Gasteiger partial charge is 0.483 e. The normalized spacial score (nSPS) is 13.2. The van der Waals surface area contributed by atoms with Crippen molar-refractivity contribution < 1.29 is 19.4 Å². The molecule has 0 amide bonds. The first-order valence-electron chi connectivity index (χ1n) is 8.05. The smallest absolute Gasteiger partial charge is 0.290 e. The number of carbonyl (C=O) groups is 1. The Kier molecular flexibility index (Phi) is 7.05. The van der Waals surface area contributed by atoms with E-state index in [2.05, 4.69) is 34.6 Å². The molecule has 0 bridgehead atoms. The predicted octanol–water partition coefficient (Wildman–Crippen LogP) is 3.57. The lowest BCUT2D eigenvalue weighted by atomic mass is 10.1. The maximum atomic E-state index is 8.36. The third kappa shape index (κ3) is 4.34. The SMILES string of the molecule is C.O=CO.c1ccc2c(c1)OCO2.c1ccc2c3c([nH]c2c1)CNCC3. The number of hydrogen-bond donors (Lipinski definition) is 3. The zero-order valence-corrected chi connectivity index (χ0v) is 13.7. The summed E-state index contributed by atoms with van der Waals surface area (Å²) >= 11 is 0. The fraction of sp³-hybridized carbons (Fsp3) is 0.250. The number of hydrogen-bond acceptors (Lipinski definition) is 4. The van der Waals surface area contributed by atoms with Gasteiger partial charge in [-0.05, 0) is 36.7 Å². The molecule has 0 saturated heterocycles. The summed E-state index contributed by atoms with van der Waals surface area (Å²) in [7, 11) is 0. The second-order valence-electron chi connectivity index (χ2n) is 5.51. The van der Waals surface area contributed by atoms with Crippen molar-refractivity contribution in [2.75, 3.05) is 13.3 Å². The molecule has 0 unspecified atom stereocenters. The van der Waals surface area contributed by atoms with Crippen LogP contribution >= 0.6 is 0 Å². The van der Waals surface area contributed by atoms with Crippen LogP contribution in [0.4, 0.5) is 0 Å². The topological polar surface area (TPSA) is 83.6 Å². The molecule has 0 aliphatic carbocycles. The number of nitrogens with one attached hydrogen (secondary N) is 2. The van der Waals surface area contributed by atoms with Gasteiger partial charge < -0.3 is 24.9 Å². The Morgan fingerprint density at radius 1 is 1.00 bits per heavy atom. The summed E-state index contributed by atoms with van der Waals surface area (Å²) in [6, 6.07) is 16.2. The molecule has 2 aliphatic heterocycles. The minimum atomic E-state index is -0.250. The van der Waals surface area contributed by atoms with Gasteiger partial charge >= 0.3 is 0 Å². The molecule has 3 heterocycles. The van der Waals surface area contributed by atoms with Crippen molar-refractivity contribution in [3.63, 3.8) is 0 Å². The van der Waals surface area contributed by atoms with Crippen molar-refractivity contribution in [3.05, 3.63) is 59.8 Å². The predicted molar refractivity (Wildman–Crippen MR) is 102 cm³/mol. The molecule has 26 heavy (non-hydrogen) atoms. The first-order valence-corrected chi connectivity index (χ1v) is 8.05. The first kappa shape index (κ1) is 19.3. The summed E-state index contributed by atoms with van der Waals surface area (Å²) in [6.45, 7) is 2.21. The van der Waals surface area contributed by atoms with Crippen molar-refractivity contribution in [2.45, 2.75) is 20.4 Å². The average molecular weight is 356 g/mol. The molecule has 0 radical (unpaired) electrons. The molecular weight excluding hydrogens is 332 g/mol. The minimum absolute atomic E-state index is 0. The fourth-order valence-electron chi connectivity index (χ4n) is 2.96. The van der Waals surface area contributed by atoms with Gasteiger partial charge in [0, 0.05) is 23.1 Å². The van der Waals surface area contributed by atoms with E-state index in [-0.39, 0.29) is 13.9 Å². The molecule has 138 valence electrons. The number of para-hydroxylation sites is 3. The van der Waals surface area contributed by atoms with Crippen LogP contribution in [0, 0.1) is 0 Å². The lowest BCUT2D eigenvalue weighted by Crippen LogP contribution is -2.22. The molecule has 6 nitrogen and oxygen atoms in total. The molecule has 0 spiro atoms. The number of H-pyrrole nitrogens is 1. The van der Waals surface area contributed by atoms with Crippen molar-refractivity contribution in [3.8, 4) is 11.5 Å². The van der Waals surface area contributed by atoms with E-state index in [9.17, 15) is 0 Å². The van der Waals surface area contributed by atoms with Gasteiger partial charge in [-0.3, -0.25) is 4.79 Å². The van der Waals surface area contributed by atoms with Gasteiger partial charge in [-0.15, -0.1) is 0 Å². The monoisotopic (exact) mass is 356 g/mol. The molecule has 6 heteroatoms. The van der Waals surface area contributed by atoms with Crippen LogP contribution in [-0.4, -0.2) is 29.9 Å². The standard InChI is InChI=1S/C11H12N2.C7H6O2.CH2O2.CH4/c1-2-4-10-8(3-1)9-5-6-12-7-11(9)13-10;1-2-4-7-6(3-1)8-5-9-7;2-1-3;/h1-4,12-13H,5-7H2;1-4H,5H2;1H,(H,2,3);1H4. The lowest BCUT2D eigenvalue weighted by molar-refractivity contribution is -0.122. The summed E-state index contributed by atoms with van der Waals surface area (Å²) in [5.74, 6) is 1.69. The van der Waals surface area contributed by atoms with Crippen LogP contribution in [0.15, 0.2) is 48.5 Å². The second-order valence-corrected chi connectivity index (χ2v) is 5.51. The van der Waals surface area contributed by atoms with E-state index in [4.69, 9.17) is 19.4 Å². The number of aromatic amines is 1. The van der Waals surface area contributed by atoms with Crippen LogP contribution < -0.4 is 14.8 Å². The Bertz CT molecular complexity index is 822. The van der Waals surface area contributed by atoms with Gasteiger partial charge in [0.2, 0.25) is 6.79 Å². The van der Waals surface area contributed by atoms with Gasteiger partial charge in [-0.2, -0.15) is 0 Å². The van der Waals surface area contributed by atoms with E-state index in [1.807, 2.05) is 24.3 Å². The maximum absolute atomic E-state index is 8.36. The third-order valence-electron chi connectivity index (χ3n) is 4.03. The van der Waals surface area contributed by atoms with Crippen molar-refractivity contribution in [2.24, 2.45) is 0 Å². The van der Waals surface area contributed by atoms with Crippen molar-refractivity contribution >= 4 is 17.4 Å². The maximum Gasteiger partial charge on any atom is 0.290 e. The molecule has 0 fully saturated rings. The van der Waals surface area contributed by atoms with E-state index in [0.29, 0.717) is 6.79 Å². The van der Waals surface area contributed by atoms with Crippen LogP contribution in [0.1, 0.15) is 18.7 Å². The Labute approximate surface area is 152 Å². The quantitative estimate of drug-likeness (QED) is 0.536. The average Bonchev–Trinajstić information content (AvgIpc) is 3.27. The van der Waals surface area contributed by atoms with Gasteiger partial charge in [0.05, 0.1) is 0 Å². The highest BCUT2D eigenvalue weighted by atomic mass is 16.7. The highest BCUT2D eigenvalue weighted by Gasteiger charge is 2.13. The summed E-state index contributed by atoms with van der Waals surface area (Å²) < 4.78 is 10.2. The summed E-state index contributed by atoms with van der Waals surface area (Å²) in [5.41, 5.74) is 4.15. The van der Waals surface area contributed by atoms with Gasteiger partial charge in [0.25, 0.3) is 6.47 Å². The second kappa shape index (κ2) is 9.48. The zero-order chi connectivity index (χ0) is 17.5. The van der Waals surface area contributed by atoms with Crippen LogP contribution in [0.5, 0.6) is 11.5 Å². The van der Waals surface area contributed by atoms with Crippen LogP contribution in [0.25, 0.3) is 10.9 Å². The third-order valence-corrected chi connectivity index (χ3v) is 4.03. The summed E-state index contributed by atoms with van der Waals surface area (Å²) in [5, 5.41) is 11.7. The van der Waals surface area contributed by atoms with E-state index < -0.39 is 0 Å². The Morgan fingerprint density at radius 3 is 2.31 bits per heavy atom. The lowest BCUT2D eigenvalue weighted by Gasteiger charge is -2.12. The van der Waals surface area contributed by atoms with Crippen LogP contribution in [0.2, 0.25) is 0 Å². The number of benzene rings is 2. The minimum Gasteiger partial charge on any atom is -0.483 e. The summed E-state index contributed by atoms with van der Waals surface area (Å²) in [4.78, 5) is 11.8. The molecule has 3 aromatic rings. The van der Waals surface area contributed by atoms with Gasteiger partial charge in [-0.1, -0.05) is 37.8 Å². The van der Waals surface area contributed by atoms with Crippen molar-refractivity contribution in [1.29, 1.82) is 0 Å². The van der Waals surface area contributed by atoms with Gasteiger partial charge in [0.1, 0.15) is 0 Å². The first-order chi connectivity index (χ1) is 12.3. The zero-order valence-electron chi connectivity index (χ0n) is 13.7. The van der Waals surface area contributed by atoms with Crippen molar-refractivity contribution in [1.82, 2.24) is 10.3 Å². The number of ether oxygens (including phenoxy) is 2. The highest BCUT2D eigenvalue weighted by molar-refractivity contribution is 5.84. The molecule has 2 aliphatic rings. The van der Waals surface area contributed by atoms with Crippen LogP contribution in [-0.2, 0) is 17.8 Å². The molecular formula is C20H24N2O4. The Hall–Kier alpha value is -2.99. The Morgan fingerprint density at radius 2 is 1.62 bits per heavy atom. The number of carboxylic acid groups (broad SMARTS) is 1. The molecule has 0 saturated carbocycles. The number of aromatic nitrogens is 1. The van der Waals surface area contributed by atoms with E-state index in [1.54, 1.807) is 0 Å². The van der Waals surface area contributed by atoms with Crippen LogP contribution in [0.3, 0.4) is 0 Å². The fourth-order valence-corrected chi connectivity index (χ4v) is 2.96. The molecule has 0 atom stereocenters. The molecule has 3 N–H and O–H groups in total. The van der Waals surface area contributed by atoms with E-state index >= 15 is 0 Å². The molecule has 2 aromatic carbocycles. The Balaban J connectivity index is 0.000000165. The van der Waals surface area contributed by atoms with Gasteiger partial charge in [0.15, 0.2) is 11.5 Å². The van der Waals surface area contributed by atoms with E-state index in [1.165, 1.54) is 22.2 Å². The summed E-state index contributed by atoms with van der Waals surface area (Å²) in [6.07, 6.45) is 1.15. The number of fused-ring (bicyclic) bond motifs is 4. The molecule has 5 rings (SSSR count). The molecule has 1 aromatic heterocycles. The number of rotatable bonds is 0. The highest BCUT2D eigenvalue weighted by Crippen LogP contribution is 2.30.